The quantitative estimate of drug-likeness (QED) is 0.751. The molecule has 2 amide bonds. The van der Waals surface area contributed by atoms with E-state index in [1.165, 1.54) is 10.4 Å². The third kappa shape index (κ3) is 5.06. The molecule has 1 aliphatic heterocycles. The van der Waals surface area contributed by atoms with Gasteiger partial charge in [0.25, 0.3) is 0 Å². The number of carbonyl (C=O) groups is 3. The van der Waals surface area contributed by atoms with Gasteiger partial charge in [0.05, 0.1) is 0 Å². The highest BCUT2D eigenvalue weighted by Crippen LogP contribution is 2.24. The van der Waals surface area contributed by atoms with E-state index in [-0.39, 0.29) is 24.7 Å². The Morgan fingerprint density at radius 1 is 1.38 bits per heavy atom. The summed E-state index contributed by atoms with van der Waals surface area (Å²) in [6, 6.07) is 1.17. The molecule has 2 N–H and O–H groups in total. The molecule has 0 spiro atoms. The molecule has 0 radical (unpaired) electrons. The van der Waals surface area contributed by atoms with E-state index in [2.05, 4.69) is 5.32 Å². The van der Waals surface area contributed by atoms with Crippen molar-refractivity contribution in [3.8, 4) is 0 Å². The standard InChI is InChI=1S/C17H24N2O4S/c1-2-3-4-13(17(22)23)18-15(20)5-6-16(21)19-9-7-14-12(11-19)8-10-24-14/h8,10,13H,2-7,9,11H2,1H3,(H,18,20)(H,22,23). The molecule has 1 aromatic heterocycles. The fourth-order valence-electron chi connectivity index (χ4n) is 2.77. The van der Waals surface area contributed by atoms with Crippen molar-refractivity contribution in [1.82, 2.24) is 10.2 Å². The molecule has 1 aromatic rings. The van der Waals surface area contributed by atoms with Crippen molar-refractivity contribution in [3.63, 3.8) is 0 Å². The number of rotatable bonds is 8. The Balaban J connectivity index is 1.77. The van der Waals surface area contributed by atoms with Crippen LogP contribution in [0.15, 0.2) is 11.4 Å². The maximum Gasteiger partial charge on any atom is 0.326 e. The molecule has 0 fully saturated rings. The maximum atomic E-state index is 12.3. The molecule has 0 bridgehead atoms. The number of carboxylic acid groups (broad SMARTS) is 1. The fourth-order valence-corrected chi connectivity index (χ4v) is 3.66. The molecule has 0 saturated heterocycles. The van der Waals surface area contributed by atoms with Crippen molar-refractivity contribution in [2.24, 2.45) is 0 Å². The molecule has 2 heterocycles. The summed E-state index contributed by atoms with van der Waals surface area (Å²) in [5.41, 5.74) is 1.19. The monoisotopic (exact) mass is 352 g/mol. The summed E-state index contributed by atoms with van der Waals surface area (Å²) >= 11 is 1.72. The summed E-state index contributed by atoms with van der Waals surface area (Å²) in [6.07, 6.45) is 3.04. The molecule has 0 saturated carbocycles. The second kappa shape index (κ2) is 8.82. The number of nitrogens with zero attached hydrogens (tertiary/aromatic N) is 1. The van der Waals surface area contributed by atoms with Crippen LogP contribution in [0.5, 0.6) is 0 Å². The smallest absolute Gasteiger partial charge is 0.326 e. The summed E-state index contributed by atoms with van der Waals surface area (Å²) in [6.45, 7) is 3.26. The average Bonchev–Trinajstić information content (AvgIpc) is 3.03. The zero-order chi connectivity index (χ0) is 17.5. The summed E-state index contributed by atoms with van der Waals surface area (Å²) in [5, 5.41) is 13.7. The molecule has 2 rings (SSSR count). The van der Waals surface area contributed by atoms with E-state index in [1.807, 2.05) is 18.4 Å². The van der Waals surface area contributed by atoms with Crippen LogP contribution in [-0.2, 0) is 27.3 Å². The predicted octanol–water partition coefficient (Wildman–Crippen LogP) is 2.17. The maximum absolute atomic E-state index is 12.3. The molecule has 1 unspecified atom stereocenters. The number of unbranched alkanes of at least 4 members (excludes halogenated alkanes) is 1. The number of thiophene rings is 1. The van der Waals surface area contributed by atoms with Gasteiger partial charge in [0, 0.05) is 30.8 Å². The highest BCUT2D eigenvalue weighted by atomic mass is 32.1. The van der Waals surface area contributed by atoms with Crippen LogP contribution < -0.4 is 5.32 Å². The van der Waals surface area contributed by atoms with E-state index >= 15 is 0 Å². The van der Waals surface area contributed by atoms with Crippen molar-refractivity contribution >= 4 is 29.1 Å². The summed E-state index contributed by atoms with van der Waals surface area (Å²) in [5.74, 6) is -1.45. The first-order valence-electron chi connectivity index (χ1n) is 8.36. The molecular formula is C17H24N2O4S. The summed E-state index contributed by atoms with van der Waals surface area (Å²) in [4.78, 5) is 38.4. The van der Waals surface area contributed by atoms with E-state index in [1.54, 1.807) is 16.2 Å². The number of carboxylic acids is 1. The van der Waals surface area contributed by atoms with Crippen LogP contribution in [0.3, 0.4) is 0 Å². The van der Waals surface area contributed by atoms with Crippen LogP contribution >= 0.6 is 11.3 Å². The van der Waals surface area contributed by atoms with E-state index in [0.717, 1.165) is 19.3 Å². The van der Waals surface area contributed by atoms with Gasteiger partial charge >= 0.3 is 5.97 Å². The molecule has 6 nitrogen and oxygen atoms in total. The van der Waals surface area contributed by atoms with E-state index in [0.29, 0.717) is 19.5 Å². The van der Waals surface area contributed by atoms with E-state index in [4.69, 9.17) is 5.11 Å². The topological polar surface area (TPSA) is 86.7 Å². The third-order valence-corrected chi connectivity index (χ3v) is 5.23. The Morgan fingerprint density at radius 3 is 2.88 bits per heavy atom. The van der Waals surface area contributed by atoms with Crippen LogP contribution in [0, 0.1) is 0 Å². The zero-order valence-electron chi connectivity index (χ0n) is 13.9. The first kappa shape index (κ1) is 18.4. The van der Waals surface area contributed by atoms with Gasteiger partial charge in [0.1, 0.15) is 6.04 Å². The zero-order valence-corrected chi connectivity index (χ0v) is 14.7. The Hall–Kier alpha value is -1.89. The molecule has 132 valence electrons. The second-order valence-electron chi connectivity index (χ2n) is 6.03. The van der Waals surface area contributed by atoms with E-state index < -0.39 is 12.0 Å². The third-order valence-electron chi connectivity index (χ3n) is 4.21. The Bertz CT molecular complexity index is 599. The number of amides is 2. The number of hydrogen-bond acceptors (Lipinski definition) is 4. The van der Waals surface area contributed by atoms with Crippen LogP contribution in [-0.4, -0.2) is 40.4 Å². The molecule has 0 aliphatic carbocycles. The minimum absolute atomic E-state index is 0.0295. The number of fused-ring (bicyclic) bond motifs is 1. The van der Waals surface area contributed by atoms with Gasteiger partial charge in [0.15, 0.2) is 0 Å². The molecule has 1 aliphatic rings. The summed E-state index contributed by atoms with van der Waals surface area (Å²) < 4.78 is 0. The van der Waals surface area contributed by atoms with Crippen LogP contribution in [0.1, 0.15) is 49.5 Å². The molecular weight excluding hydrogens is 328 g/mol. The molecule has 24 heavy (non-hydrogen) atoms. The van der Waals surface area contributed by atoms with Crippen molar-refractivity contribution in [1.29, 1.82) is 0 Å². The first-order valence-corrected chi connectivity index (χ1v) is 9.24. The lowest BCUT2D eigenvalue weighted by molar-refractivity contribution is -0.142. The van der Waals surface area contributed by atoms with Crippen LogP contribution in [0.4, 0.5) is 0 Å². The highest BCUT2D eigenvalue weighted by molar-refractivity contribution is 7.10. The lowest BCUT2D eigenvalue weighted by Crippen LogP contribution is -2.41. The van der Waals surface area contributed by atoms with Crippen molar-refractivity contribution in [3.05, 3.63) is 21.9 Å². The van der Waals surface area contributed by atoms with Gasteiger partial charge in [-0.2, -0.15) is 0 Å². The minimum Gasteiger partial charge on any atom is -0.480 e. The van der Waals surface area contributed by atoms with Gasteiger partial charge < -0.3 is 15.3 Å². The second-order valence-corrected chi connectivity index (χ2v) is 7.04. The number of aliphatic carboxylic acids is 1. The molecule has 0 aromatic carbocycles. The summed E-state index contributed by atoms with van der Waals surface area (Å²) in [7, 11) is 0. The minimum atomic E-state index is -1.02. The van der Waals surface area contributed by atoms with Gasteiger partial charge in [-0.05, 0) is 29.9 Å². The largest absolute Gasteiger partial charge is 0.480 e. The first-order chi connectivity index (χ1) is 11.5. The van der Waals surface area contributed by atoms with Gasteiger partial charge in [-0.1, -0.05) is 19.8 Å². The normalized spacial score (nSPS) is 14.8. The Kier molecular flexibility index (Phi) is 6.78. The van der Waals surface area contributed by atoms with Crippen LogP contribution in [0.2, 0.25) is 0 Å². The average molecular weight is 352 g/mol. The van der Waals surface area contributed by atoms with Gasteiger partial charge in [-0.3, -0.25) is 9.59 Å². The van der Waals surface area contributed by atoms with Crippen molar-refractivity contribution in [2.75, 3.05) is 6.54 Å². The SMILES string of the molecule is CCCCC(NC(=O)CCC(=O)N1CCc2sccc2C1)C(=O)O. The fraction of sp³-hybridized carbons (Fsp3) is 0.588. The van der Waals surface area contributed by atoms with E-state index in [9.17, 15) is 14.4 Å². The predicted molar refractivity (Wildman–Crippen MR) is 91.8 cm³/mol. The van der Waals surface area contributed by atoms with Gasteiger partial charge in [0.2, 0.25) is 11.8 Å². The Labute approximate surface area is 145 Å². The number of carbonyl (C=O) groups excluding carboxylic acids is 2. The van der Waals surface area contributed by atoms with Crippen molar-refractivity contribution < 1.29 is 19.5 Å². The van der Waals surface area contributed by atoms with Crippen LogP contribution in [0.25, 0.3) is 0 Å². The van der Waals surface area contributed by atoms with Gasteiger partial charge in [-0.25, -0.2) is 4.79 Å². The number of nitrogens with one attached hydrogen (secondary N) is 1. The lowest BCUT2D eigenvalue weighted by Gasteiger charge is -2.27. The molecule has 1 atom stereocenters. The Morgan fingerprint density at radius 2 is 2.17 bits per heavy atom. The van der Waals surface area contributed by atoms with Gasteiger partial charge in [-0.15, -0.1) is 11.3 Å². The number of hydrogen-bond donors (Lipinski definition) is 2. The lowest BCUT2D eigenvalue weighted by atomic mass is 10.1. The van der Waals surface area contributed by atoms with Crippen molar-refractivity contribution in [2.45, 2.75) is 58.0 Å². The molecule has 7 heteroatoms. The highest BCUT2D eigenvalue weighted by Gasteiger charge is 2.23.